The summed E-state index contributed by atoms with van der Waals surface area (Å²) in [6, 6.07) is 18.1. The maximum absolute atomic E-state index is 12.2. The number of nitrogens with one attached hydrogen (secondary N) is 2. The van der Waals surface area contributed by atoms with E-state index in [0.717, 1.165) is 23.1 Å². The Labute approximate surface area is 144 Å². The highest BCUT2D eigenvalue weighted by molar-refractivity contribution is 5.75. The molecule has 2 aromatic rings. The van der Waals surface area contributed by atoms with E-state index in [1.807, 2.05) is 57.2 Å². The first kappa shape index (κ1) is 17.8. The molecule has 0 fully saturated rings. The van der Waals surface area contributed by atoms with Gasteiger partial charge in [0.1, 0.15) is 0 Å². The molecular weight excluding hydrogens is 296 g/mol. The van der Waals surface area contributed by atoms with Crippen LogP contribution in [0.25, 0.3) is 5.57 Å². The lowest BCUT2D eigenvalue weighted by Crippen LogP contribution is -2.46. The van der Waals surface area contributed by atoms with E-state index in [1.165, 1.54) is 5.56 Å². The van der Waals surface area contributed by atoms with Gasteiger partial charge in [0.25, 0.3) is 0 Å². The topological polar surface area (TPSA) is 41.1 Å². The van der Waals surface area contributed by atoms with Gasteiger partial charge in [-0.2, -0.15) is 0 Å². The highest BCUT2D eigenvalue weighted by atomic mass is 16.2. The van der Waals surface area contributed by atoms with Crippen molar-refractivity contribution in [3.8, 4) is 0 Å². The lowest BCUT2D eigenvalue weighted by Gasteiger charge is -2.27. The second-order valence-corrected chi connectivity index (χ2v) is 6.60. The van der Waals surface area contributed by atoms with Gasteiger partial charge in [0, 0.05) is 6.54 Å². The lowest BCUT2D eigenvalue weighted by atomic mass is 9.92. The number of benzene rings is 2. The van der Waals surface area contributed by atoms with Gasteiger partial charge in [0.05, 0.1) is 5.54 Å². The molecule has 0 aliphatic rings. The van der Waals surface area contributed by atoms with Crippen LogP contribution in [0.3, 0.4) is 0 Å². The van der Waals surface area contributed by atoms with Crippen LogP contribution in [-0.2, 0) is 12.0 Å². The quantitative estimate of drug-likeness (QED) is 0.808. The molecule has 0 atom stereocenters. The predicted octanol–water partition coefficient (Wildman–Crippen LogP) is 4.50. The summed E-state index contributed by atoms with van der Waals surface area (Å²) in [6.07, 6.45) is 0.819. The minimum atomic E-state index is -0.456. The Morgan fingerprint density at radius 2 is 1.79 bits per heavy atom. The van der Waals surface area contributed by atoms with Crippen LogP contribution in [0.2, 0.25) is 0 Å². The summed E-state index contributed by atoms with van der Waals surface area (Å²) in [5.74, 6) is 0. The molecule has 2 amide bonds. The Balaban J connectivity index is 1.92. The molecule has 0 saturated heterocycles. The molecule has 126 valence electrons. The van der Waals surface area contributed by atoms with Crippen LogP contribution in [0.15, 0.2) is 61.2 Å². The zero-order valence-electron chi connectivity index (χ0n) is 14.7. The van der Waals surface area contributed by atoms with Crippen molar-refractivity contribution in [3.63, 3.8) is 0 Å². The van der Waals surface area contributed by atoms with Crippen LogP contribution in [0, 0.1) is 0 Å². The van der Waals surface area contributed by atoms with Gasteiger partial charge in [-0.3, -0.25) is 0 Å². The first-order valence-electron chi connectivity index (χ1n) is 8.25. The van der Waals surface area contributed by atoms with E-state index >= 15 is 0 Å². The lowest BCUT2D eigenvalue weighted by molar-refractivity contribution is 0.230. The fourth-order valence-electron chi connectivity index (χ4n) is 2.54. The van der Waals surface area contributed by atoms with Gasteiger partial charge >= 0.3 is 6.03 Å². The van der Waals surface area contributed by atoms with Crippen molar-refractivity contribution in [3.05, 3.63) is 77.9 Å². The number of hydrogen-bond donors (Lipinski definition) is 2. The molecule has 0 aromatic heterocycles. The molecule has 0 unspecified atom stereocenters. The molecule has 2 N–H and O–H groups in total. The van der Waals surface area contributed by atoms with Crippen molar-refractivity contribution in [2.24, 2.45) is 0 Å². The molecular formula is C21H26N2O. The summed E-state index contributed by atoms with van der Waals surface area (Å²) < 4.78 is 0. The monoisotopic (exact) mass is 322 g/mol. The van der Waals surface area contributed by atoms with Gasteiger partial charge in [0.2, 0.25) is 0 Å². The number of allylic oxidation sites excluding steroid dienone is 1. The minimum Gasteiger partial charge on any atom is -0.338 e. The van der Waals surface area contributed by atoms with E-state index in [1.54, 1.807) is 0 Å². The fraction of sp³-hybridized carbons (Fsp3) is 0.286. The van der Waals surface area contributed by atoms with Crippen LogP contribution in [-0.4, -0.2) is 12.6 Å². The third-order valence-electron chi connectivity index (χ3n) is 4.05. The molecule has 3 nitrogen and oxygen atoms in total. The zero-order chi connectivity index (χ0) is 17.6. The second-order valence-electron chi connectivity index (χ2n) is 6.60. The highest BCUT2D eigenvalue weighted by Crippen LogP contribution is 2.23. The molecule has 24 heavy (non-hydrogen) atoms. The Morgan fingerprint density at radius 3 is 2.46 bits per heavy atom. The van der Waals surface area contributed by atoms with Gasteiger partial charge in [-0.25, -0.2) is 4.79 Å². The number of hydrogen-bond acceptors (Lipinski definition) is 1. The van der Waals surface area contributed by atoms with E-state index in [2.05, 4.69) is 35.4 Å². The van der Waals surface area contributed by atoms with Crippen molar-refractivity contribution >= 4 is 11.6 Å². The van der Waals surface area contributed by atoms with Gasteiger partial charge in [-0.1, -0.05) is 60.7 Å². The summed E-state index contributed by atoms with van der Waals surface area (Å²) in [5.41, 5.74) is 3.92. The molecule has 0 saturated carbocycles. The first-order chi connectivity index (χ1) is 11.4. The van der Waals surface area contributed by atoms with Crippen LogP contribution in [0.5, 0.6) is 0 Å². The molecule has 0 bridgehead atoms. The largest absolute Gasteiger partial charge is 0.338 e. The normalized spacial score (nSPS) is 11.0. The molecule has 2 rings (SSSR count). The Morgan fingerprint density at radius 1 is 1.08 bits per heavy atom. The number of urea groups is 1. The van der Waals surface area contributed by atoms with Crippen molar-refractivity contribution < 1.29 is 4.79 Å². The molecule has 0 aliphatic heterocycles. The van der Waals surface area contributed by atoms with Crippen molar-refractivity contribution in [1.29, 1.82) is 0 Å². The molecule has 3 heteroatoms. The van der Waals surface area contributed by atoms with Crippen LogP contribution >= 0.6 is 0 Å². The fourth-order valence-corrected chi connectivity index (χ4v) is 2.54. The average Bonchev–Trinajstić information content (AvgIpc) is 2.55. The van der Waals surface area contributed by atoms with E-state index < -0.39 is 5.54 Å². The summed E-state index contributed by atoms with van der Waals surface area (Å²) in [6.45, 7) is 10.6. The van der Waals surface area contributed by atoms with Crippen molar-refractivity contribution in [1.82, 2.24) is 10.6 Å². The average molecular weight is 322 g/mol. The van der Waals surface area contributed by atoms with E-state index in [9.17, 15) is 4.79 Å². The minimum absolute atomic E-state index is 0.156. The third-order valence-corrected chi connectivity index (χ3v) is 4.05. The summed E-state index contributed by atoms with van der Waals surface area (Å²) in [4.78, 5) is 12.2. The molecule has 0 spiro atoms. The van der Waals surface area contributed by atoms with E-state index in [0.29, 0.717) is 6.54 Å². The Kier molecular flexibility index (Phi) is 5.80. The van der Waals surface area contributed by atoms with E-state index in [-0.39, 0.29) is 6.03 Å². The van der Waals surface area contributed by atoms with Crippen molar-refractivity contribution in [2.75, 3.05) is 6.54 Å². The number of carbonyl (C=O) groups is 1. The third kappa shape index (κ3) is 4.98. The zero-order valence-corrected chi connectivity index (χ0v) is 14.7. The summed E-state index contributed by atoms with van der Waals surface area (Å²) >= 11 is 0. The van der Waals surface area contributed by atoms with Gasteiger partial charge in [-0.05, 0) is 49.9 Å². The smallest absolute Gasteiger partial charge is 0.315 e. The Bertz CT molecular complexity index is 705. The molecule has 0 radical (unpaired) electrons. The number of rotatable bonds is 6. The number of amides is 2. The predicted molar refractivity (Wildman–Crippen MR) is 101 cm³/mol. The van der Waals surface area contributed by atoms with Gasteiger partial charge < -0.3 is 10.6 Å². The van der Waals surface area contributed by atoms with Crippen LogP contribution < -0.4 is 10.6 Å². The molecule has 0 heterocycles. The SMILES string of the molecule is C=C(C)c1cccc(C(C)(C)NC(=O)NCCc2ccccc2)c1. The molecule has 0 aliphatic carbocycles. The highest BCUT2D eigenvalue weighted by Gasteiger charge is 2.22. The summed E-state index contributed by atoms with van der Waals surface area (Å²) in [5, 5.41) is 5.97. The van der Waals surface area contributed by atoms with Crippen LogP contribution in [0.4, 0.5) is 4.79 Å². The number of carbonyl (C=O) groups excluding carboxylic acids is 1. The van der Waals surface area contributed by atoms with Gasteiger partial charge in [0.15, 0.2) is 0 Å². The molecule has 2 aromatic carbocycles. The maximum Gasteiger partial charge on any atom is 0.315 e. The van der Waals surface area contributed by atoms with Crippen molar-refractivity contribution in [2.45, 2.75) is 32.7 Å². The van der Waals surface area contributed by atoms with E-state index in [4.69, 9.17) is 0 Å². The Hall–Kier alpha value is -2.55. The maximum atomic E-state index is 12.2. The second kappa shape index (κ2) is 7.82. The summed E-state index contributed by atoms with van der Waals surface area (Å²) in [7, 11) is 0. The first-order valence-corrected chi connectivity index (χ1v) is 8.25. The standard InChI is InChI=1S/C21H26N2O/c1-16(2)18-11-8-12-19(15-18)21(3,4)23-20(24)22-14-13-17-9-6-5-7-10-17/h5-12,15H,1,13-14H2,2-4H3,(H2,22,23,24). The van der Waals surface area contributed by atoms with Crippen LogP contribution in [0.1, 0.15) is 37.5 Å². The van der Waals surface area contributed by atoms with Gasteiger partial charge in [-0.15, -0.1) is 0 Å².